The normalized spacial score (nSPS) is 15.6. The Morgan fingerprint density at radius 2 is 1.96 bits per heavy atom. The summed E-state index contributed by atoms with van der Waals surface area (Å²) in [6.45, 7) is 2.40. The van der Waals surface area contributed by atoms with Gasteiger partial charge in [-0.05, 0) is 43.7 Å². The van der Waals surface area contributed by atoms with E-state index in [0.29, 0.717) is 18.5 Å². The van der Waals surface area contributed by atoms with Crippen LogP contribution in [0.25, 0.3) is 0 Å². The summed E-state index contributed by atoms with van der Waals surface area (Å²) in [4.78, 5) is 16.4. The van der Waals surface area contributed by atoms with Gasteiger partial charge in [-0.25, -0.2) is 9.78 Å². The van der Waals surface area contributed by atoms with Gasteiger partial charge in [0.05, 0.1) is 6.04 Å². The highest BCUT2D eigenvalue weighted by Crippen LogP contribution is 2.22. The molecule has 132 valence electrons. The molecule has 5 nitrogen and oxygen atoms in total. The van der Waals surface area contributed by atoms with Gasteiger partial charge in [0.1, 0.15) is 6.10 Å². The lowest BCUT2D eigenvalue weighted by Crippen LogP contribution is -2.36. The van der Waals surface area contributed by atoms with Gasteiger partial charge in [0.2, 0.25) is 5.88 Å². The molecule has 2 aromatic rings. The third-order valence-corrected chi connectivity index (χ3v) is 4.49. The number of nitrogens with zero attached hydrogens (tertiary/aromatic N) is 1. The third-order valence-electron chi connectivity index (χ3n) is 4.49. The number of ether oxygens (including phenoxy) is 1. The largest absolute Gasteiger partial charge is 0.474 e. The molecular weight excluding hydrogens is 314 g/mol. The number of amides is 2. The molecular formula is C20H25N3O2. The second kappa shape index (κ2) is 8.51. The molecule has 0 aliphatic heterocycles. The van der Waals surface area contributed by atoms with Crippen LogP contribution in [-0.4, -0.2) is 17.1 Å². The van der Waals surface area contributed by atoms with E-state index in [0.717, 1.165) is 24.0 Å². The molecule has 0 saturated heterocycles. The highest BCUT2D eigenvalue weighted by molar-refractivity contribution is 5.74. The maximum absolute atomic E-state index is 12.0. The van der Waals surface area contributed by atoms with Crippen LogP contribution in [0.5, 0.6) is 5.88 Å². The van der Waals surface area contributed by atoms with Gasteiger partial charge in [-0.2, -0.15) is 0 Å². The molecule has 1 heterocycles. The van der Waals surface area contributed by atoms with Gasteiger partial charge in [0.25, 0.3) is 0 Å². The summed E-state index contributed by atoms with van der Waals surface area (Å²) in [5.41, 5.74) is 2.02. The van der Waals surface area contributed by atoms with Gasteiger partial charge in [-0.3, -0.25) is 0 Å². The topological polar surface area (TPSA) is 63.2 Å². The Balaban J connectivity index is 1.43. The quantitative estimate of drug-likeness (QED) is 0.837. The van der Waals surface area contributed by atoms with Crippen molar-refractivity contribution in [3.8, 4) is 5.88 Å². The van der Waals surface area contributed by atoms with Crippen molar-refractivity contribution in [1.29, 1.82) is 0 Å². The minimum absolute atomic E-state index is 0.0403. The van der Waals surface area contributed by atoms with Crippen LogP contribution >= 0.6 is 0 Å². The predicted octanol–water partition coefficient (Wildman–Crippen LogP) is 3.96. The zero-order chi connectivity index (χ0) is 17.5. The summed E-state index contributed by atoms with van der Waals surface area (Å²) in [5.74, 6) is 0.665. The van der Waals surface area contributed by atoms with Crippen LogP contribution < -0.4 is 15.4 Å². The zero-order valence-electron chi connectivity index (χ0n) is 14.6. The van der Waals surface area contributed by atoms with Gasteiger partial charge in [0.15, 0.2) is 0 Å². The minimum Gasteiger partial charge on any atom is -0.474 e. The third kappa shape index (κ3) is 5.21. The fraction of sp³-hybridized carbons (Fsp3) is 0.400. The van der Waals surface area contributed by atoms with E-state index < -0.39 is 0 Å². The summed E-state index contributed by atoms with van der Waals surface area (Å²) >= 11 is 0. The standard InChI is InChI=1S/C20H25N3O2/c1-15(17-7-3-2-4-8-17)23-20(24)22-14-16-11-12-19(21-13-16)25-18-9-5-6-10-18/h2-4,7-8,11-13,15,18H,5-6,9-10,14H2,1H3,(H2,22,23,24). The number of carbonyl (C=O) groups is 1. The van der Waals surface area contributed by atoms with Crippen molar-refractivity contribution in [1.82, 2.24) is 15.6 Å². The van der Waals surface area contributed by atoms with E-state index in [-0.39, 0.29) is 12.1 Å². The van der Waals surface area contributed by atoms with Crippen molar-refractivity contribution in [2.75, 3.05) is 0 Å². The first-order valence-electron chi connectivity index (χ1n) is 8.91. The highest BCUT2D eigenvalue weighted by atomic mass is 16.5. The Morgan fingerprint density at radius 1 is 1.20 bits per heavy atom. The van der Waals surface area contributed by atoms with E-state index in [1.165, 1.54) is 12.8 Å². The van der Waals surface area contributed by atoms with Gasteiger partial charge in [-0.15, -0.1) is 0 Å². The summed E-state index contributed by atoms with van der Waals surface area (Å²) in [6.07, 6.45) is 6.77. The van der Waals surface area contributed by atoms with Gasteiger partial charge >= 0.3 is 6.03 Å². The molecule has 1 unspecified atom stereocenters. The van der Waals surface area contributed by atoms with E-state index in [9.17, 15) is 4.79 Å². The lowest BCUT2D eigenvalue weighted by molar-refractivity contribution is 0.201. The number of rotatable bonds is 6. The molecule has 1 aromatic carbocycles. The Bertz CT molecular complexity index is 667. The molecule has 3 rings (SSSR count). The zero-order valence-corrected chi connectivity index (χ0v) is 14.6. The molecule has 1 aliphatic rings. The van der Waals surface area contributed by atoms with Crippen molar-refractivity contribution in [3.05, 3.63) is 59.8 Å². The van der Waals surface area contributed by atoms with Crippen LogP contribution in [0.2, 0.25) is 0 Å². The lowest BCUT2D eigenvalue weighted by atomic mass is 10.1. The Labute approximate surface area is 148 Å². The van der Waals surface area contributed by atoms with E-state index in [2.05, 4.69) is 15.6 Å². The van der Waals surface area contributed by atoms with Crippen molar-refractivity contribution in [2.24, 2.45) is 0 Å². The fourth-order valence-corrected chi connectivity index (χ4v) is 3.02. The van der Waals surface area contributed by atoms with Gasteiger partial charge in [-0.1, -0.05) is 36.4 Å². The average Bonchev–Trinajstić information content (AvgIpc) is 3.15. The molecule has 2 N–H and O–H groups in total. The molecule has 0 radical (unpaired) electrons. The van der Waals surface area contributed by atoms with E-state index in [1.54, 1.807) is 6.20 Å². The minimum atomic E-state index is -0.192. The Hall–Kier alpha value is -2.56. The van der Waals surface area contributed by atoms with Gasteiger partial charge < -0.3 is 15.4 Å². The number of benzene rings is 1. The van der Waals surface area contributed by atoms with E-state index in [4.69, 9.17) is 4.74 Å². The molecule has 1 fully saturated rings. The maximum Gasteiger partial charge on any atom is 0.315 e. The van der Waals surface area contributed by atoms with Crippen LogP contribution in [0.1, 0.15) is 49.8 Å². The molecule has 1 atom stereocenters. The summed E-state index contributed by atoms with van der Waals surface area (Å²) in [7, 11) is 0. The van der Waals surface area contributed by atoms with Crippen LogP contribution in [0.4, 0.5) is 4.79 Å². The molecule has 1 aromatic heterocycles. The molecule has 25 heavy (non-hydrogen) atoms. The van der Waals surface area contributed by atoms with E-state index >= 15 is 0 Å². The lowest BCUT2D eigenvalue weighted by Gasteiger charge is -2.15. The molecule has 5 heteroatoms. The molecule has 0 spiro atoms. The smallest absolute Gasteiger partial charge is 0.315 e. The number of hydrogen-bond acceptors (Lipinski definition) is 3. The summed E-state index contributed by atoms with van der Waals surface area (Å²) < 4.78 is 5.85. The fourth-order valence-electron chi connectivity index (χ4n) is 3.02. The first-order chi connectivity index (χ1) is 12.2. The first kappa shape index (κ1) is 17.3. The van der Waals surface area contributed by atoms with Crippen LogP contribution in [0, 0.1) is 0 Å². The van der Waals surface area contributed by atoms with Crippen molar-refractivity contribution in [3.63, 3.8) is 0 Å². The van der Waals surface area contributed by atoms with Crippen molar-refractivity contribution < 1.29 is 9.53 Å². The number of carbonyl (C=O) groups excluding carboxylic acids is 1. The van der Waals surface area contributed by atoms with Crippen LogP contribution in [0.15, 0.2) is 48.7 Å². The monoisotopic (exact) mass is 339 g/mol. The second-order valence-corrected chi connectivity index (χ2v) is 6.49. The Morgan fingerprint density at radius 3 is 2.64 bits per heavy atom. The highest BCUT2D eigenvalue weighted by Gasteiger charge is 2.16. The number of hydrogen-bond donors (Lipinski definition) is 2. The molecule has 2 amide bonds. The molecule has 1 saturated carbocycles. The first-order valence-corrected chi connectivity index (χ1v) is 8.91. The van der Waals surface area contributed by atoms with Crippen LogP contribution in [-0.2, 0) is 6.54 Å². The number of nitrogens with one attached hydrogen (secondary N) is 2. The van der Waals surface area contributed by atoms with Crippen molar-refractivity contribution >= 4 is 6.03 Å². The average molecular weight is 339 g/mol. The predicted molar refractivity (Wildman–Crippen MR) is 97.3 cm³/mol. The number of urea groups is 1. The van der Waals surface area contributed by atoms with Gasteiger partial charge in [0, 0.05) is 18.8 Å². The molecule has 1 aliphatic carbocycles. The SMILES string of the molecule is CC(NC(=O)NCc1ccc(OC2CCCC2)nc1)c1ccccc1. The second-order valence-electron chi connectivity index (χ2n) is 6.49. The van der Waals surface area contributed by atoms with Crippen molar-refractivity contribution in [2.45, 2.75) is 51.3 Å². The number of aromatic nitrogens is 1. The van der Waals surface area contributed by atoms with E-state index in [1.807, 2.05) is 49.4 Å². The Kier molecular flexibility index (Phi) is 5.88. The summed E-state index contributed by atoms with van der Waals surface area (Å²) in [6, 6.07) is 13.5. The maximum atomic E-state index is 12.0. The van der Waals surface area contributed by atoms with Crippen LogP contribution in [0.3, 0.4) is 0 Å². The summed E-state index contributed by atoms with van der Waals surface area (Å²) in [5, 5.41) is 5.79. The molecule has 0 bridgehead atoms. The number of pyridine rings is 1.